The topological polar surface area (TPSA) is 19.7 Å². The van der Waals surface area contributed by atoms with Crippen LogP contribution in [0.2, 0.25) is 0 Å². The first-order valence-corrected chi connectivity index (χ1v) is 18.3. The quantitative estimate of drug-likeness (QED) is 0.0732. The van der Waals surface area contributed by atoms with Gasteiger partial charge in [-0.1, -0.05) is 175 Å². The summed E-state index contributed by atoms with van der Waals surface area (Å²) in [5.74, 6) is 2.21. The lowest BCUT2D eigenvalue weighted by Crippen LogP contribution is -2.41. The molecule has 1 aromatic rings. The van der Waals surface area contributed by atoms with Gasteiger partial charge < -0.3 is 0 Å². The number of hydrogen-bond acceptors (Lipinski definition) is 0. The van der Waals surface area contributed by atoms with E-state index in [9.17, 15) is 0 Å². The molecule has 0 radical (unpaired) electrons. The van der Waals surface area contributed by atoms with E-state index in [2.05, 4.69) is 49.6 Å². The maximum Gasteiger partial charge on any atom is 0.257 e. The summed E-state index contributed by atoms with van der Waals surface area (Å²) in [5.41, 5.74) is 0. The molecule has 0 saturated carbocycles. The van der Waals surface area contributed by atoms with Gasteiger partial charge in [0.2, 0.25) is 0 Å². The highest BCUT2D eigenvalue weighted by Gasteiger charge is 2.24. The summed E-state index contributed by atoms with van der Waals surface area (Å²) in [6.45, 7) is 9.42. The number of hydrogen-bond donors (Lipinski definition) is 1. The highest BCUT2D eigenvalue weighted by Crippen LogP contribution is 2.26. The number of nitrogens with zero attached hydrogens (tertiary/aromatic N) is 1. The minimum atomic E-state index is 0.621. The molecule has 1 rings (SSSR count). The van der Waals surface area contributed by atoms with E-state index in [1.165, 1.54) is 186 Å². The Bertz CT molecular complexity index is 606. The molecule has 2 nitrogen and oxygen atoms in total. The van der Waals surface area contributed by atoms with Crippen LogP contribution in [0.15, 0.2) is 12.4 Å². The summed E-state index contributed by atoms with van der Waals surface area (Å²) < 4.78 is 2.60. The Morgan fingerprint density at radius 2 is 0.872 bits per heavy atom. The van der Waals surface area contributed by atoms with Crippen LogP contribution in [-0.2, 0) is 0 Å². The van der Waals surface area contributed by atoms with E-state index in [0.717, 1.165) is 0 Å². The van der Waals surface area contributed by atoms with E-state index in [0.29, 0.717) is 12.0 Å². The summed E-state index contributed by atoms with van der Waals surface area (Å²) in [5, 5.41) is 0. The first kappa shape index (κ1) is 36.2. The normalized spacial score (nSPS) is 13.2. The van der Waals surface area contributed by atoms with Gasteiger partial charge in [-0.2, -0.15) is 0 Å². The van der Waals surface area contributed by atoms with Crippen molar-refractivity contribution < 1.29 is 4.57 Å². The number of aromatic nitrogens is 2. The van der Waals surface area contributed by atoms with Gasteiger partial charge in [-0.15, -0.1) is 0 Å². The van der Waals surface area contributed by atoms with Gasteiger partial charge in [0.25, 0.3) is 5.82 Å². The number of rotatable bonds is 30. The first-order chi connectivity index (χ1) is 19.2. The minimum Gasteiger partial charge on any atom is -0.247 e. The van der Waals surface area contributed by atoms with Crippen molar-refractivity contribution in [3.63, 3.8) is 0 Å². The Hall–Kier alpha value is -0.790. The molecule has 0 fully saturated rings. The van der Waals surface area contributed by atoms with Gasteiger partial charge >= 0.3 is 0 Å². The van der Waals surface area contributed by atoms with Crippen LogP contribution in [-0.4, -0.2) is 4.98 Å². The predicted octanol–water partition coefficient (Wildman–Crippen LogP) is 12.9. The fourth-order valence-electron chi connectivity index (χ4n) is 6.49. The highest BCUT2D eigenvalue weighted by atomic mass is 15.1. The standard InChI is InChI=1S/C37H72N2/c1-5-8-10-12-14-16-18-19-21-22-24-26-28-31-35(4)39-34-33-38-37(39)36(30-7-3)32-29-27-25-23-20-17-15-13-11-9-6-2/h33-36H,5-32H2,1-4H3/p+1. The Labute approximate surface area is 246 Å². The minimum absolute atomic E-state index is 0.621. The zero-order valence-electron chi connectivity index (χ0n) is 27.6. The molecule has 230 valence electrons. The molecule has 1 N–H and O–H groups in total. The van der Waals surface area contributed by atoms with Crippen molar-refractivity contribution in [1.82, 2.24) is 4.98 Å². The van der Waals surface area contributed by atoms with Crippen LogP contribution in [0.25, 0.3) is 0 Å². The summed E-state index contributed by atoms with van der Waals surface area (Å²) in [4.78, 5) is 3.67. The van der Waals surface area contributed by atoms with E-state index in [-0.39, 0.29) is 0 Å². The van der Waals surface area contributed by atoms with Crippen LogP contribution in [0.5, 0.6) is 0 Å². The van der Waals surface area contributed by atoms with Crippen LogP contribution in [0.3, 0.4) is 0 Å². The van der Waals surface area contributed by atoms with Gasteiger partial charge in [-0.3, -0.25) is 0 Å². The molecule has 0 bridgehead atoms. The molecule has 0 saturated heterocycles. The second kappa shape index (κ2) is 27.4. The lowest BCUT2D eigenvalue weighted by Gasteiger charge is -2.16. The van der Waals surface area contributed by atoms with E-state index in [1.807, 2.05) is 0 Å². The van der Waals surface area contributed by atoms with Crippen LogP contribution >= 0.6 is 0 Å². The van der Waals surface area contributed by atoms with Gasteiger partial charge in [0.1, 0.15) is 12.4 Å². The maximum atomic E-state index is 3.67. The number of unbranched alkanes of at least 4 members (excludes halogenated alkanes) is 22. The van der Waals surface area contributed by atoms with Gasteiger partial charge in [-0.05, 0) is 32.6 Å². The Morgan fingerprint density at radius 3 is 1.28 bits per heavy atom. The Balaban J connectivity index is 2.16. The average Bonchev–Trinajstić information content (AvgIpc) is 3.43. The number of aromatic amines is 1. The van der Waals surface area contributed by atoms with Crippen molar-refractivity contribution in [2.75, 3.05) is 0 Å². The zero-order chi connectivity index (χ0) is 28.2. The molecule has 0 amide bonds. The molecule has 1 heterocycles. The molecule has 39 heavy (non-hydrogen) atoms. The van der Waals surface area contributed by atoms with E-state index in [4.69, 9.17) is 0 Å². The predicted molar refractivity (Wildman–Crippen MR) is 175 cm³/mol. The Morgan fingerprint density at radius 1 is 0.487 bits per heavy atom. The number of H-pyrrole nitrogens is 1. The number of imidazole rings is 1. The van der Waals surface area contributed by atoms with Crippen molar-refractivity contribution in [2.45, 2.75) is 219 Å². The van der Waals surface area contributed by atoms with Crippen LogP contribution in [0.1, 0.15) is 225 Å². The van der Waals surface area contributed by atoms with Gasteiger partial charge in [0, 0.05) is 0 Å². The van der Waals surface area contributed by atoms with Crippen molar-refractivity contribution >= 4 is 0 Å². The molecule has 0 aliphatic carbocycles. The molecular formula is C37H73N2+. The molecule has 0 aliphatic rings. The van der Waals surface area contributed by atoms with Gasteiger partial charge in [0.05, 0.1) is 12.0 Å². The molecule has 0 spiro atoms. The van der Waals surface area contributed by atoms with Crippen molar-refractivity contribution in [1.29, 1.82) is 0 Å². The van der Waals surface area contributed by atoms with Crippen LogP contribution in [0.4, 0.5) is 0 Å². The summed E-state index contributed by atoms with van der Waals surface area (Å²) in [7, 11) is 0. The molecule has 2 atom stereocenters. The highest BCUT2D eigenvalue weighted by molar-refractivity contribution is 4.90. The lowest BCUT2D eigenvalue weighted by atomic mass is 9.94. The largest absolute Gasteiger partial charge is 0.257 e. The fraction of sp³-hybridized carbons (Fsp3) is 0.919. The van der Waals surface area contributed by atoms with Crippen LogP contribution in [0, 0.1) is 0 Å². The van der Waals surface area contributed by atoms with E-state index in [1.54, 1.807) is 0 Å². The second-order valence-electron chi connectivity index (χ2n) is 12.9. The average molecular weight is 546 g/mol. The third-order valence-electron chi connectivity index (χ3n) is 9.12. The lowest BCUT2D eigenvalue weighted by molar-refractivity contribution is -0.727. The SMILES string of the molecule is CCCCCCCCCCCCCCCC(C)[n+]1cc[nH]c1C(CCC)CCCCCCCCCCCCC. The number of nitrogens with one attached hydrogen (secondary N) is 1. The zero-order valence-corrected chi connectivity index (χ0v) is 27.6. The smallest absolute Gasteiger partial charge is 0.247 e. The van der Waals surface area contributed by atoms with Crippen molar-refractivity contribution in [3.05, 3.63) is 18.2 Å². The third kappa shape index (κ3) is 19.8. The van der Waals surface area contributed by atoms with Gasteiger partial charge in [0.15, 0.2) is 0 Å². The molecule has 1 aromatic heterocycles. The summed E-state index contributed by atoms with van der Waals surface area (Å²) >= 11 is 0. The molecule has 2 unspecified atom stereocenters. The van der Waals surface area contributed by atoms with Crippen molar-refractivity contribution in [2.24, 2.45) is 0 Å². The second-order valence-corrected chi connectivity index (χ2v) is 12.9. The maximum absolute atomic E-state index is 3.67. The summed E-state index contributed by atoms with van der Waals surface area (Å²) in [6, 6.07) is 0.621. The van der Waals surface area contributed by atoms with Crippen molar-refractivity contribution in [3.8, 4) is 0 Å². The molecule has 0 aliphatic heterocycles. The fourth-order valence-corrected chi connectivity index (χ4v) is 6.49. The monoisotopic (exact) mass is 546 g/mol. The molecule has 0 aromatic carbocycles. The van der Waals surface area contributed by atoms with E-state index >= 15 is 0 Å². The molecule has 2 heteroatoms. The Kier molecular flexibility index (Phi) is 25.4. The summed E-state index contributed by atoms with van der Waals surface area (Å²) in [6.07, 6.45) is 44.3. The van der Waals surface area contributed by atoms with Gasteiger partial charge in [-0.25, -0.2) is 9.55 Å². The van der Waals surface area contributed by atoms with Crippen LogP contribution < -0.4 is 4.57 Å². The molecular weight excluding hydrogens is 472 g/mol. The first-order valence-electron chi connectivity index (χ1n) is 18.3. The van der Waals surface area contributed by atoms with E-state index < -0.39 is 0 Å². The third-order valence-corrected chi connectivity index (χ3v) is 9.12.